The van der Waals surface area contributed by atoms with E-state index in [9.17, 15) is 8.42 Å². The number of sulfonamides is 1. The molecule has 0 aromatic heterocycles. The molecule has 0 N–H and O–H groups in total. The highest BCUT2D eigenvalue weighted by Gasteiger charge is 2.55. The molecule has 1 unspecified atom stereocenters. The number of benzene rings is 2. The Bertz CT molecular complexity index is 932. The van der Waals surface area contributed by atoms with Crippen LogP contribution in [0.25, 0.3) is 0 Å². The van der Waals surface area contributed by atoms with Crippen LogP contribution in [-0.2, 0) is 10.0 Å². The Labute approximate surface area is 169 Å². The van der Waals surface area contributed by atoms with E-state index < -0.39 is 10.0 Å². The highest BCUT2D eigenvalue weighted by Crippen LogP contribution is 2.56. The molecule has 2 aliphatic heterocycles. The molecule has 4 rings (SSSR count). The van der Waals surface area contributed by atoms with E-state index in [0.717, 1.165) is 24.9 Å². The van der Waals surface area contributed by atoms with Gasteiger partial charge in [-0.05, 0) is 50.8 Å². The van der Waals surface area contributed by atoms with Gasteiger partial charge in [-0.1, -0.05) is 48.5 Å². The fourth-order valence-electron chi connectivity index (χ4n) is 5.03. The van der Waals surface area contributed by atoms with Crippen molar-refractivity contribution >= 4 is 10.0 Å². The lowest BCUT2D eigenvalue weighted by Crippen LogP contribution is -2.64. The van der Waals surface area contributed by atoms with E-state index in [0.29, 0.717) is 30.1 Å². The highest BCUT2D eigenvalue weighted by atomic mass is 32.2. The lowest BCUT2D eigenvalue weighted by molar-refractivity contribution is -0.121. The molecule has 2 heterocycles. The van der Waals surface area contributed by atoms with E-state index in [2.05, 4.69) is 49.1 Å². The Balaban J connectivity index is 1.55. The minimum Gasteiger partial charge on any atom is -0.293 e. The lowest BCUT2D eigenvalue weighted by Gasteiger charge is -2.62. The van der Waals surface area contributed by atoms with Crippen molar-refractivity contribution < 1.29 is 8.42 Å². The average molecular weight is 399 g/mol. The zero-order valence-electron chi connectivity index (χ0n) is 17.0. The van der Waals surface area contributed by atoms with Crippen molar-refractivity contribution in [2.45, 2.75) is 50.6 Å². The van der Waals surface area contributed by atoms with Gasteiger partial charge < -0.3 is 0 Å². The van der Waals surface area contributed by atoms with Gasteiger partial charge in [0.25, 0.3) is 0 Å². The van der Waals surface area contributed by atoms with E-state index in [1.165, 1.54) is 5.56 Å². The molecule has 1 spiro atoms. The molecule has 2 fully saturated rings. The summed E-state index contributed by atoms with van der Waals surface area (Å²) < 4.78 is 28.0. The van der Waals surface area contributed by atoms with Crippen molar-refractivity contribution in [1.29, 1.82) is 0 Å². The monoisotopic (exact) mass is 398 g/mol. The van der Waals surface area contributed by atoms with Crippen LogP contribution in [0.4, 0.5) is 0 Å². The standard InChI is InChI=1S/C23H30N2O2S/c1-18(2)25-17-23(22(25)20-10-5-4-6-11-20)13-15-24(16-14-23)28(26,27)21-12-8-7-9-19(21)3/h4-12,18,22H,13-17H2,1-3H3. The first kappa shape index (κ1) is 19.6. The molecule has 2 saturated heterocycles. The quantitative estimate of drug-likeness (QED) is 0.774. The van der Waals surface area contributed by atoms with Crippen molar-refractivity contribution in [3.05, 3.63) is 65.7 Å². The number of aryl methyl sites for hydroxylation is 1. The maximum Gasteiger partial charge on any atom is 0.243 e. The van der Waals surface area contributed by atoms with Crippen molar-refractivity contribution in [1.82, 2.24) is 9.21 Å². The normalized spacial score (nSPS) is 23.1. The fraction of sp³-hybridized carbons (Fsp3) is 0.478. The summed E-state index contributed by atoms with van der Waals surface area (Å²) in [6, 6.07) is 18.9. The molecule has 0 saturated carbocycles. The van der Waals surface area contributed by atoms with E-state index >= 15 is 0 Å². The molecular formula is C23H30N2O2S. The number of nitrogens with zero attached hydrogens (tertiary/aromatic N) is 2. The second-order valence-electron chi connectivity index (χ2n) is 8.61. The third kappa shape index (κ3) is 3.19. The van der Waals surface area contributed by atoms with Crippen LogP contribution in [-0.4, -0.2) is 43.3 Å². The third-order valence-corrected chi connectivity index (χ3v) is 8.68. The van der Waals surface area contributed by atoms with Crippen LogP contribution < -0.4 is 0 Å². The summed E-state index contributed by atoms with van der Waals surface area (Å²) >= 11 is 0. The number of hydrogen-bond acceptors (Lipinski definition) is 3. The van der Waals surface area contributed by atoms with Gasteiger partial charge in [0, 0.05) is 37.1 Å². The van der Waals surface area contributed by atoms with Crippen molar-refractivity contribution in [2.75, 3.05) is 19.6 Å². The number of piperidine rings is 1. The van der Waals surface area contributed by atoms with Gasteiger partial charge in [0.05, 0.1) is 4.90 Å². The first-order valence-electron chi connectivity index (χ1n) is 10.2. The second kappa shape index (κ2) is 7.29. The van der Waals surface area contributed by atoms with Gasteiger partial charge in [-0.25, -0.2) is 8.42 Å². The molecule has 1 atom stereocenters. The molecule has 28 heavy (non-hydrogen) atoms. The van der Waals surface area contributed by atoms with E-state index in [1.807, 2.05) is 25.1 Å². The molecule has 0 aliphatic carbocycles. The first-order valence-corrected chi connectivity index (χ1v) is 11.7. The SMILES string of the molecule is Cc1ccccc1S(=O)(=O)N1CCC2(CC1)CN(C(C)C)C2c1ccccc1. The summed E-state index contributed by atoms with van der Waals surface area (Å²) in [5.41, 5.74) is 2.36. The largest absolute Gasteiger partial charge is 0.293 e. The van der Waals surface area contributed by atoms with Crippen LogP contribution >= 0.6 is 0 Å². The second-order valence-corrected chi connectivity index (χ2v) is 10.5. The van der Waals surface area contributed by atoms with Gasteiger partial charge in [0.15, 0.2) is 0 Å². The van der Waals surface area contributed by atoms with E-state index in [1.54, 1.807) is 10.4 Å². The summed E-state index contributed by atoms with van der Waals surface area (Å²) in [6.07, 6.45) is 1.84. The minimum atomic E-state index is -3.42. The molecule has 0 radical (unpaired) electrons. The van der Waals surface area contributed by atoms with Crippen LogP contribution in [0.3, 0.4) is 0 Å². The minimum absolute atomic E-state index is 0.184. The Kier molecular flexibility index (Phi) is 5.10. The molecule has 2 aliphatic rings. The molecule has 2 aromatic carbocycles. The van der Waals surface area contributed by atoms with Crippen LogP contribution in [0.1, 0.15) is 43.9 Å². The van der Waals surface area contributed by atoms with Gasteiger partial charge in [0.2, 0.25) is 10.0 Å². The molecule has 2 aromatic rings. The molecule has 0 amide bonds. The molecule has 5 heteroatoms. The third-order valence-electron chi connectivity index (χ3n) is 6.62. The molecule has 0 bridgehead atoms. The summed E-state index contributed by atoms with van der Waals surface area (Å²) in [7, 11) is -3.42. The average Bonchev–Trinajstić information content (AvgIpc) is 2.67. The number of hydrogen-bond donors (Lipinski definition) is 0. The predicted molar refractivity (Wildman–Crippen MR) is 113 cm³/mol. The predicted octanol–water partition coefficient (Wildman–Crippen LogP) is 4.23. The van der Waals surface area contributed by atoms with Crippen LogP contribution in [0.15, 0.2) is 59.5 Å². The van der Waals surface area contributed by atoms with Crippen LogP contribution in [0.5, 0.6) is 0 Å². The van der Waals surface area contributed by atoms with E-state index in [-0.39, 0.29) is 5.41 Å². The Morgan fingerprint density at radius 1 is 0.964 bits per heavy atom. The summed E-state index contributed by atoms with van der Waals surface area (Å²) in [6.45, 7) is 8.64. The van der Waals surface area contributed by atoms with Crippen molar-refractivity contribution in [3.8, 4) is 0 Å². The van der Waals surface area contributed by atoms with Crippen molar-refractivity contribution in [3.63, 3.8) is 0 Å². The zero-order chi connectivity index (χ0) is 19.9. The Hall–Kier alpha value is -1.69. The summed E-state index contributed by atoms with van der Waals surface area (Å²) in [4.78, 5) is 3.00. The van der Waals surface area contributed by atoms with Crippen LogP contribution in [0, 0.1) is 12.3 Å². The number of likely N-dealkylation sites (tertiary alicyclic amines) is 1. The van der Waals surface area contributed by atoms with Crippen LogP contribution in [0.2, 0.25) is 0 Å². The number of rotatable bonds is 4. The molecule has 150 valence electrons. The van der Waals surface area contributed by atoms with E-state index in [4.69, 9.17) is 0 Å². The Morgan fingerprint density at radius 2 is 1.57 bits per heavy atom. The smallest absolute Gasteiger partial charge is 0.243 e. The molecular weight excluding hydrogens is 368 g/mol. The first-order chi connectivity index (χ1) is 13.3. The Morgan fingerprint density at radius 3 is 2.18 bits per heavy atom. The van der Waals surface area contributed by atoms with Gasteiger partial charge >= 0.3 is 0 Å². The molecule has 4 nitrogen and oxygen atoms in total. The zero-order valence-corrected chi connectivity index (χ0v) is 17.8. The topological polar surface area (TPSA) is 40.6 Å². The lowest BCUT2D eigenvalue weighted by atomic mass is 9.63. The fourth-order valence-corrected chi connectivity index (χ4v) is 6.70. The maximum atomic E-state index is 13.2. The highest BCUT2D eigenvalue weighted by molar-refractivity contribution is 7.89. The summed E-state index contributed by atoms with van der Waals surface area (Å²) in [5.74, 6) is 0. The van der Waals surface area contributed by atoms with Gasteiger partial charge in [0.1, 0.15) is 0 Å². The maximum absolute atomic E-state index is 13.2. The van der Waals surface area contributed by atoms with Crippen molar-refractivity contribution in [2.24, 2.45) is 5.41 Å². The van der Waals surface area contributed by atoms with Gasteiger partial charge in [-0.15, -0.1) is 0 Å². The van der Waals surface area contributed by atoms with Gasteiger partial charge in [-0.3, -0.25) is 4.90 Å². The van der Waals surface area contributed by atoms with Gasteiger partial charge in [-0.2, -0.15) is 4.31 Å². The summed E-state index contributed by atoms with van der Waals surface area (Å²) in [5, 5.41) is 0.